The van der Waals surface area contributed by atoms with Gasteiger partial charge in [0, 0.05) is 5.57 Å². The molecule has 0 radical (unpaired) electrons. The molecule has 0 amide bonds. The zero-order chi connectivity index (χ0) is 8.27. The summed E-state index contributed by atoms with van der Waals surface area (Å²) in [6.45, 7) is 2.13. The Morgan fingerprint density at radius 3 is 3.00 bits per heavy atom. The Hall–Kier alpha value is -0.790. The lowest BCUT2D eigenvalue weighted by atomic mass is 9.92. The lowest BCUT2D eigenvalue weighted by Gasteiger charge is -2.15. The molecule has 0 heterocycles. The van der Waals surface area contributed by atoms with E-state index in [0.717, 1.165) is 18.4 Å². The Balaban J connectivity index is 2.63. The predicted octanol–water partition coefficient (Wildman–Crippen LogP) is 1.91. The van der Waals surface area contributed by atoms with Gasteiger partial charge >= 0.3 is 5.97 Å². The second-order valence-corrected chi connectivity index (χ2v) is 3.05. The van der Waals surface area contributed by atoms with E-state index < -0.39 is 0 Å². The Morgan fingerprint density at radius 1 is 1.73 bits per heavy atom. The average Bonchev–Trinajstić information content (AvgIpc) is 2.03. The summed E-state index contributed by atoms with van der Waals surface area (Å²) < 4.78 is 4.63. The third-order valence-corrected chi connectivity index (χ3v) is 2.04. The first-order chi connectivity index (χ1) is 5.24. The van der Waals surface area contributed by atoms with Crippen LogP contribution < -0.4 is 0 Å². The standard InChI is InChI=1S/C9H14O2/c1-7-4-3-5-8(6-7)9(10)11-2/h6-7H,3-5H2,1-2H3/t7-/m1/s1. The van der Waals surface area contributed by atoms with Crippen LogP contribution in [0, 0.1) is 5.92 Å². The number of methoxy groups -OCH3 is 1. The van der Waals surface area contributed by atoms with Gasteiger partial charge < -0.3 is 4.74 Å². The molecule has 0 bridgehead atoms. The first-order valence-electron chi connectivity index (χ1n) is 4.03. The molecule has 0 saturated carbocycles. The fraction of sp³-hybridized carbons (Fsp3) is 0.667. The molecule has 0 fully saturated rings. The zero-order valence-corrected chi connectivity index (χ0v) is 7.09. The minimum absolute atomic E-state index is 0.156. The Morgan fingerprint density at radius 2 is 2.45 bits per heavy atom. The van der Waals surface area contributed by atoms with Gasteiger partial charge in [-0.1, -0.05) is 13.0 Å². The number of carbonyl (C=O) groups is 1. The smallest absolute Gasteiger partial charge is 0.333 e. The minimum atomic E-state index is -0.156. The first kappa shape index (κ1) is 8.31. The second-order valence-electron chi connectivity index (χ2n) is 3.05. The molecule has 1 rings (SSSR count). The second kappa shape index (κ2) is 3.56. The molecule has 0 N–H and O–H groups in total. The molecular formula is C9H14O2. The van der Waals surface area contributed by atoms with Crippen molar-refractivity contribution in [2.24, 2.45) is 5.92 Å². The Labute approximate surface area is 67.2 Å². The van der Waals surface area contributed by atoms with E-state index in [1.54, 1.807) is 0 Å². The number of ether oxygens (including phenoxy) is 1. The van der Waals surface area contributed by atoms with E-state index in [1.807, 2.05) is 6.08 Å². The van der Waals surface area contributed by atoms with Crippen LogP contribution in [0.2, 0.25) is 0 Å². The van der Waals surface area contributed by atoms with Crippen molar-refractivity contribution in [3.8, 4) is 0 Å². The molecule has 0 spiro atoms. The number of allylic oxidation sites excluding steroid dienone is 1. The van der Waals surface area contributed by atoms with E-state index in [-0.39, 0.29) is 5.97 Å². The number of hydrogen-bond donors (Lipinski definition) is 0. The van der Waals surface area contributed by atoms with Crippen LogP contribution in [0.3, 0.4) is 0 Å². The molecule has 1 aliphatic carbocycles. The van der Waals surface area contributed by atoms with Crippen molar-refractivity contribution in [2.75, 3.05) is 7.11 Å². The number of rotatable bonds is 1. The molecule has 0 aliphatic heterocycles. The molecule has 2 heteroatoms. The van der Waals surface area contributed by atoms with Crippen molar-refractivity contribution in [3.05, 3.63) is 11.6 Å². The van der Waals surface area contributed by atoms with E-state index in [0.29, 0.717) is 5.92 Å². The highest BCUT2D eigenvalue weighted by Crippen LogP contribution is 2.22. The average molecular weight is 154 g/mol. The highest BCUT2D eigenvalue weighted by molar-refractivity contribution is 5.88. The van der Waals surface area contributed by atoms with Crippen molar-refractivity contribution < 1.29 is 9.53 Å². The summed E-state index contributed by atoms with van der Waals surface area (Å²) in [7, 11) is 1.43. The third-order valence-electron chi connectivity index (χ3n) is 2.04. The van der Waals surface area contributed by atoms with Crippen molar-refractivity contribution >= 4 is 5.97 Å². The van der Waals surface area contributed by atoms with Crippen LogP contribution in [-0.2, 0) is 9.53 Å². The van der Waals surface area contributed by atoms with Crippen LogP contribution in [0.15, 0.2) is 11.6 Å². The van der Waals surface area contributed by atoms with E-state index in [4.69, 9.17) is 0 Å². The summed E-state index contributed by atoms with van der Waals surface area (Å²) in [5, 5.41) is 0. The van der Waals surface area contributed by atoms with Gasteiger partial charge in [0.05, 0.1) is 7.11 Å². The van der Waals surface area contributed by atoms with Gasteiger partial charge in [-0.15, -0.1) is 0 Å². The zero-order valence-electron chi connectivity index (χ0n) is 7.09. The molecule has 0 aromatic heterocycles. The summed E-state index contributed by atoms with van der Waals surface area (Å²) in [4.78, 5) is 11.0. The summed E-state index contributed by atoms with van der Waals surface area (Å²) >= 11 is 0. The van der Waals surface area contributed by atoms with Crippen molar-refractivity contribution in [2.45, 2.75) is 26.2 Å². The minimum Gasteiger partial charge on any atom is -0.466 e. The van der Waals surface area contributed by atoms with Crippen LogP contribution in [0.1, 0.15) is 26.2 Å². The Kier molecular flexibility index (Phi) is 2.69. The summed E-state index contributed by atoms with van der Waals surface area (Å²) in [5.41, 5.74) is 0.853. The van der Waals surface area contributed by atoms with E-state index in [2.05, 4.69) is 11.7 Å². The largest absolute Gasteiger partial charge is 0.466 e. The monoisotopic (exact) mass is 154 g/mol. The van der Waals surface area contributed by atoms with Gasteiger partial charge in [-0.25, -0.2) is 4.79 Å². The lowest BCUT2D eigenvalue weighted by Crippen LogP contribution is -2.10. The van der Waals surface area contributed by atoms with Gasteiger partial charge in [-0.2, -0.15) is 0 Å². The summed E-state index contributed by atoms with van der Waals surface area (Å²) in [5.74, 6) is 0.384. The molecule has 2 nitrogen and oxygen atoms in total. The van der Waals surface area contributed by atoms with Crippen LogP contribution in [0.4, 0.5) is 0 Å². The quantitative estimate of drug-likeness (QED) is 0.539. The van der Waals surface area contributed by atoms with Crippen LogP contribution >= 0.6 is 0 Å². The third kappa shape index (κ3) is 2.07. The summed E-state index contributed by atoms with van der Waals surface area (Å²) in [6, 6.07) is 0. The van der Waals surface area contributed by atoms with Gasteiger partial charge in [0.15, 0.2) is 0 Å². The van der Waals surface area contributed by atoms with Crippen LogP contribution in [0.5, 0.6) is 0 Å². The maximum absolute atomic E-state index is 11.0. The van der Waals surface area contributed by atoms with Crippen LogP contribution in [0.25, 0.3) is 0 Å². The van der Waals surface area contributed by atoms with Crippen LogP contribution in [-0.4, -0.2) is 13.1 Å². The molecule has 1 atom stereocenters. The first-order valence-corrected chi connectivity index (χ1v) is 4.03. The van der Waals surface area contributed by atoms with E-state index >= 15 is 0 Å². The summed E-state index contributed by atoms with van der Waals surface area (Å²) in [6.07, 6.45) is 5.22. The lowest BCUT2D eigenvalue weighted by molar-refractivity contribution is -0.136. The van der Waals surface area contributed by atoms with E-state index in [9.17, 15) is 4.79 Å². The maximum atomic E-state index is 11.0. The fourth-order valence-electron chi connectivity index (χ4n) is 1.43. The SMILES string of the molecule is COC(=O)C1=C[C@H](C)CCC1. The molecule has 0 aromatic rings. The van der Waals surface area contributed by atoms with Crippen molar-refractivity contribution in [1.82, 2.24) is 0 Å². The van der Waals surface area contributed by atoms with Gasteiger partial charge in [-0.3, -0.25) is 0 Å². The molecule has 62 valence electrons. The topological polar surface area (TPSA) is 26.3 Å². The number of carbonyl (C=O) groups excluding carboxylic acids is 1. The van der Waals surface area contributed by atoms with E-state index in [1.165, 1.54) is 13.5 Å². The van der Waals surface area contributed by atoms with Gasteiger partial charge in [0.2, 0.25) is 0 Å². The normalized spacial score (nSPS) is 24.2. The van der Waals surface area contributed by atoms with Gasteiger partial charge in [-0.05, 0) is 25.2 Å². The molecule has 0 saturated heterocycles. The Bertz CT molecular complexity index is 182. The maximum Gasteiger partial charge on any atom is 0.333 e. The molecule has 0 aromatic carbocycles. The fourth-order valence-corrected chi connectivity index (χ4v) is 1.43. The molecular weight excluding hydrogens is 140 g/mol. The highest BCUT2D eigenvalue weighted by atomic mass is 16.5. The van der Waals surface area contributed by atoms with Gasteiger partial charge in [0.1, 0.15) is 0 Å². The molecule has 1 aliphatic rings. The highest BCUT2D eigenvalue weighted by Gasteiger charge is 2.15. The predicted molar refractivity (Wildman–Crippen MR) is 43.1 cm³/mol. The number of hydrogen-bond acceptors (Lipinski definition) is 2. The van der Waals surface area contributed by atoms with Gasteiger partial charge in [0.25, 0.3) is 0 Å². The molecule has 0 unspecified atom stereocenters. The van der Waals surface area contributed by atoms with Crippen molar-refractivity contribution in [1.29, 1.82) is 0 Å². The molecule has 11 heavy (non-hydrogen) atoms. The van der Waals surface area contributed by atoms with Crippen molar-refractivity contribution in [3.63, 3.8) is 0 Å². The number of esters is 1.